The third-order valence-corrected chi connectivity index (χ3v) is 0.764. The molecule has 1 heterocycles. The summed E-state index contributed by atoms with van der Waals surface area (Å²) in [7, 11) is 0. The van der Waals surface area contributed by atoms with Crippen LogP contribution in [0.5, 0.6) is 0 Å². The van der Waals surface area contributed by atoms with Gasteiger partial charge >= 0.3 is 0 Å². The standard InChI is InChI=1S/C4H7N3.2H2O/c5-1-4-2-6-3-7-4;;/h2-3H,1,5H2,(H,6,7);2*1H2. The maximum Gasteiger partial charge on any atom is 0.0923 e. The Kier molecular flexibility index (Phi) is 6.37. The molecular weight excluding hydrogens is 122 g/mol. The Morgan fingerprint density at radius 3 is 2.44 bits per heavy atom. The summed E-state index contributed by atoms with van der Waals surface area (Å²) in [6, 6.07) is 0. The van der Waals surface area contributed by atoms with Crippen LogP contribution in [0.4, 0.5) is 0 Å². The summed E-state index contributed by atoms with van der Waals surface area (Å²) in [4.78, 5) is 6.64. The summed E-state index contributed by atoms with van der Waals surface area (Å²) in [5.74, 6) is 0. The zero-order chi connectivity index (χ0) is 5.11. The first kappa shape index (κ1) is 11.0. The van der Waals surface area contributed by atoms with Crippen molar-refractivity contribution in [1.82, 2.24) is 9.97 Å². The van der Waals surface area contributed by atoms with Crippen molar-refractivity contribution in [3.63, 3.8) is 0 Å². The van der Waals surface area contributed by atoms with Crippen molar-refractivity contribution in [2.24, 2.45) is 5.73 Å². The van der Waals surface area contributed by atoms with Gasteiger partial charge in [-0.25, -0.2) is 4.98 Å². The van der Waals surface area contributed by atoms with E-state index in [9.17, 15) is 0 Å². The van der Waals surface area contributed by atoms with Crippen LogP contribution in [0.15, 0.2) is 12.5 Å². The summed E-state index contributed by atoms with van der Waals surface area (Å²) in [6.07, 6.45) is 3.39. The number of imidazole rings is 1. The van der Waals surface area contributed by atoms with Gasteiger partial charge in [-0.3, -0.25) is 0 Å². The highest BCUT2D eigenvalue weighted by Crippen LogP contribution is 1.84. The molecule has 7 N–H and O–H groups in total. The van der Waals surface area contributed by atoms with Crippen LogP contribution in [-0.2, 0) is 6.54 Å². The second-order valence-electron chi connectivity index (χ2n) is 1.26. The Hall–Kier alpha value is -0.910. The SMILES string of the molecule is NCc1c[nH]cn1.O.O. The van der Waals surface area contributed by atoms with E-state index in [0.717, 1.165) is 5.69 Å². The van der Waals surface area contributed by atoms with Crippen LogP contribution in [0.25, 0.3) is 0 Å². The normalized spacial score (nSPS) is 7.22. The van der Waals surface area contributed by atoms with E-state index in [1.807, 2.05) is 0 Å². The zero-order valence-electron chi connectivity index (χ0n) is 4.89. The lowest BCUT2D eigenvalue weighted by Crippen LogP contribution is -1.94. The molecule has 0 aliphatic rings. The maximum absolute atomic E-state index is 5.21. The number of H-pyrrole nitrogens is 1. The lowest BCUT2D eigenvalue weighted by Gasteiger charge is -1.78. The molecule has 0 aliphatic carbocycles. The molecule has 0 atom stereocenters. The first-order valence-electron chi connectivity index (χ1n) is 2.11. The fourth-order valence-corrected chi connectivity index (χ4v) is 0.403. The maximum atomic E-state index is 5.21. The molecule has 5 nitrogen and oxygen atoms in total. The number of hydrogen-bond acceptors (Lipinski definition) is 2. The summed E-state index contributed by atoms with van der Waals surface area (Å²) in [6.45, 7) is 0.517. The number of nitrogens with two attached hydrogens (primary N) is 1. The van der Waals surface area contributed by atoms with Gasteiger partial charge in [-0.15, -0.1) is 0 Å². The van der Waals surface area contributed by atoms with Crippen molar-refractivity contribution >= 4 is 0 Å². The molecular formula is C4H11N3O2. The molecule has 0 amide bonds. The Labute approximate surface area is 52.5 Å². The Balaban J connectivity index is 0. The molecule has 0 aliphatic heterocycles. The number of aromatic nitrogens is 2. The van der Waals surface area contributed by atoms with Crippen LogP contribution in [0, 0.1) is 0 Å². The van der Waals surface area contributed by atoms with E-state index in [1.54, 1.807) is 12.5 Å². The second-order valence-corrected chi connectivity index (χ2v) is 1.26. The lowest BCUT2D eigenvalue weighted by atomic mass is 10.5. The van der Waals surface area contributed by atoms with Gasteiger partial charge in [0.2, 0.25) is 0 Å². The van der Waals surface area contributed by atoms with Crippen LogP contribution >= 0.6 is 0 Å². The van der Waals surface area contributed by atoms with Crippen LogP contribution < -0.4 is 5.73 Å². The van der Waals surface area contributed by atoms with Crippen molar-refractivity contribution in [1.29, 1.82) is 0 Å². The van der Waals surface area contributed by atoms with E-state index in [0.29, 0.717) is 6.54 Å². The van der Waals surface area contributed by atoms with Crippen LogP contribution in [-0.4, -0.2) is 20.9 Å². The monoisotopic (exact) mass is 133 g/mol. The Morgan fingerprint density at radius 2 is 2.22 bits per heavy atom. The number of nitrogens with one attached hydrogen (secondary N) is 1. The number of nitrogens with zero attached hydrogens (tertiary/aromatic N) is 1. The predicted octanol–water partition coefficient (Wildman–Crippen LogP) is -1.78. The molecule has 1 rings (SSSR count). The molecule has 0 bridgehead atoms. The molecule has 0 aromatic carbocycles. The molecule has 0 fully saturated rings. The van der Waals surface area contributed by atoms with Crippen molar-refractivity contribution in [2.45, 2.75) is 6.54 Å². The van der Waals surface area contributed by atoms with Crippen molar-refractivity contribution in [3.8, 4) is 0 Å². The molecule has 0 saturated carbocycles. The lowest BCUT2D eigenvalue weighted by molar-refractivity contribution is 0.823. The smallest absolute Gasteiger partial charge is 0.0923 e. The average Bonchev–Trinajstić information content (AvgIpc) is 2.14. The number of aromatic amines is 1. The first-order valence-corrected chi connectivity index (χ1v) is 2.11. The van der Waals surface area contributed by atoms with Crippen LogP contribution in [0.3, 0.4) is 0 Å². The van der Waals surface area contributed by atoms with Crippen molar-refractivity contribution in [3.05, 3.63) is 18.2 Å². The summed E-state index contributed by atoms with van der Waals surface area (Å²) in [5.41, 5.74) is 6.11. The molecule has 0 radical (unpaired) electrons. The third kappa shape index (κ3) is 2.81. The largest absolute Gasteiger partial charge is 0.412 e. The molecule has 1 aromatic rings. The Morgan fingerprint density at radius 1 is 1.56 bits per heavy atom. The summed E-state index contributed by atoms with van der Waals surface area (Å²) >= 11 is 0. The molecule has 54 valence electrons. The minimum absolute atomic E-state index is 0. The molecule has 9 heavy (non-hydrogen) atoms. The van der Waals surface area contributed by atoms with Crippen LogP contribution in [0.2, 0.25) is 0 Å². The second kappa shape index (κ2) is 5.23. The van der Waals surface area contributed by atoms with Crippen molar-refractivity contribution in [2.75, 3.05) is 0 Å². The van der Waals surface area contributed by atoms with E-state index in [4.69, 9.17) is 5.73 Å². The minimum Gasteiger partial charge on any atom is -0.412 e. The molecule has 5 heteroatoms. The van der Waals surface area contributed by atoms with Gasteiger partial charge in [-0.2, -0.15) is 0 Å². The van der Waals surface area contributed by atoms with E-state index in [1.165, 1.54) is 0 Å². The number of hydrogen-bond donors (Lipinski definition) is 2. The molecule has 1 aromatic heterocycles. The van der Waals surface area contributed by atoms with Crippen LogP contribution in [0.1, 0.15) is 5.69 Å². The number of rotatable bonds is 1. The van der Waals surface area contributed by atoms with Crippen molar-refractivity contribution < 1.29 is 11.0 Å². The summed E-state index contributed by atoms with van der Waals surface area (Å²) in [5, 5.41) is 0. The molecule has 0 spiro atoms. The first-order chi connectivity index (χ1) is 3.43. The minimum atomic E-state index is 0. The van der Waals surface area contributed by atoms with Gasteiger partial charge in [0.25, 0.3) is 0 Å². The van der Waals surface area contributed by atoms with Gasteiger partial charge < -0.3 is 21.7 Å². The molecule has 0 unspecified atom stereocenters. The van der Waals surface area contributed by atoms with E-state index < -0.39 is 0 Å². The fraction of sp³-hybridized carbons (Fsp3) is 0.250. The highest BCUT2D eigenvalue weighted by molar-refractivity contribution is 4.91. The Bertz CT molecular complexity index is 128. The third-order valence-electron chi connectivity index (χ3n) is 0.764. The topological polar surface area (TPSA) is 118 Å². The fourth-order valence-electron chi connectivity index (χ4n) is 0.403. The van der Waals surface area contributed by atoms with Gasteiger partial charge in [-0.05, 0) is 0 Å². The summed E-state index contributed by atoms with van der Waals surface area (Å²) < 4.78 is 0. The predicted molar refractivity (Wildman–Crippen MR) is 33.7 cm³/mol. The van der Waals surface area contributed by atoms with Gasteiger partial charge in [0, 0.05) is 12.7 Å². The van der Waals surface area contributed by atoms with E-state index in [2.05, 4.69) is 9.97 Å². The average molecular weight is 133 g/mol. The quantitative estimate of drug-likeness (QED) is 0.471. The van der Waals surface area contributed by atoms with E-state index >= 15 is 0 Å². The van der Waals surface area contributed by atoms with E-state index in [-0.39, 0.29) is 11.0 Å². The van der Waals surface area contributed by atoms with Gasteiger partial charge in [0.05, 0.1) is 12.0 Å². The van der Waals surface area contributed by atoms with Gasteiger partial charge in [-0.1, -0.05) is 0 Å². The highest BCUT2D eigenvalue weighted by atomic mass is 16.0. The van der Waals surface area contributed by atoms with Gasteiger partial charge in [0.1, 0.15) is 0 Å². The highest BCUT2D eigenvalue weighted by Gasteiger charge is 1.83. The zero-order valence-corrected chi connectivity index (χ0v) is 4.89. The molecule has 0 saturated heterocycles. The van der Waals surface area contributed by atoms with Gasteiger partial charge in [0.15, 0.2) is 0 Å².